The third-order valence-electron chi connectivity index (χ3n) is 5.00. The number of nitrogens with one attached hydrogen (secondary N) is 1. The highest BCUT2D eigenvalue weighted by Crippen LogP contribution is 2.30. The van der Waals surface area contributed by atoms with Gasteiger partial charge in [-0.15, -0.1) is 0 Å². The third kappa shape index (κ3) is 4.78. The summed E-state index contributed by atoms with van der Waals surface area (Å²) in [5.74, 6) is -1.44. The number of hydrogen-bond donors (Lipinski definition) is 1. The zero-order valence-corrected chi connectivity index (χ0v) is 17.3. The highest BCUT2D eigenvalue weighted by Gasteiger charge is 2.35. The molecule has 9 heteroatoms. The number of carbonyl (C=O) groups is 1. The van der Waals surface area contributed by atoms with Crippen LogP contribution in [0, 0.1) is 23.1 Å². The van der Waals surface area contributed by atoms with Crippen molar-refractivity contribution in [2.45, 2.75) is 24.2 Å². The van der Waals surface area contributed by atoms with Crippen molar-refractivity contribution in [2.75, 3.05) is 25.5 Å². The minimum absolute atomic E-state index is 0.000347. The number of halogens is 1. The van der Waals surface area contributed by atoms with Crippen LogP contribution in [0.5, 0.6) is 5.75 Å². The van der Waals surface area contributed by atoms with Gasteiger partial charge >= 0.3 is 0 Å². The van der Waals surface area contributed by atoms with E-state index in [-0.39, 0.29) is 36.1 Å². The Balaban J connectivity index is 1.74. The number of nitrogens with zero attached hydrogens (tertiary/aromatic N) is 2. The zero-order valence-electron chi connectivity index (χ0n) is 16.5. The number of hydrogen-bond acceptors (Lipinski definition) is 5. The summed E-state index contributed by atoms with van der Waals surface area (Å²) in [5.41, 5.74) is 1.42. The molecule has 2 aromatic rings. The summed E-state index contributed by atoms with van der Waals surface area (Å²) in [4.78, 5) is 12.4. The van der Waals surface area contributed by atoms with Gasteiger partial charge in [-0.05, 0) is 48.7 Å². The van der Waals surface area contributed by atoms with Crippen LogP contribution < -0.4 is 10.1 Å². The second-order valence-electron chi connectivity index (χ2n) is 7.02. The number of nitriles is 1. The fourth-order valence-electron chi connectivity index (χ4n) is 3.41. The van der Waals surface area contributed by atoms with E-state index in [1.807, 2.05) is 0 Å². The average Bonchev–Trinajstić information content (AvgIpc) is 2.75. The van der Waals surface area contributed by atoms with Crippen molar-refractivity contribution in [3.05, 3.63) is 53.8 Å². The Hall–Kier alpha value is -2.96. The Labute approximate surface area is 175 Å². The third-order valence-corrected chi connectivity index (χ3v) is 6.89. The predicted molar refractivity (Wildman–Crippen MR) is 109 cm³/mol. The molecule has 3 rings (SSSR count). The Morgan fingerprint density at radius 2 is 2.03 bits per heavy atom. The zero-order chi connectivity index (χ0) is 21.7. The van der Waals surface area contributed by atoms with Crippen LogP contribution >= 0.6 is 0 Å². The van der Waals surface area contributed by atoms with Crippen molar-refractivity contribution in [2.24, 2.45) is 5.92 Å². The fourth-order valence-corrected chi connectivity index (χ4v) is 5.10. The SMILES string of the molecule is COc1ccc(F)cc1S(=O)(=O)N1CCC[C@@H](C(=O)Nc2ccc(CC#N)cc2)C1. The van der Waals surface area contributed by atoms with E-state index >= 15 is 0 Å². The monoisotopic (exact) mass is 431 g/mol. The largest absolute Gasteiger partial charge is 0.495 e. The molecule has 30 heavy (non-hydrogen) atoms. The van der Waals surface area contributed by atoms with Crippen LogP contribution in [0.3, 0.4) is 0 Å². The maximum Gasteiger partial charge on any atom is 0.246 e. The van der Waals surface area contributed by atoms with Gasteiger partial charge in [0.15, 0.2) is 0 Å². The van der Waals surface area contributed by atoms with Gasteiger partial charge in [0.25, 0.3) is 0 Å². The average molecular weight is 431 g/mol. The lowest BCUT2D eigenvalue weighted by atomic mass is 9.98. The van der Waals surface area contributed by atoms with E-state index in [1.54, 1.807) is 24.3 Å². The summed E-state index contributed by atoms with van der Waals surface area (Å²) in [6.45, 7) is 0.245. The predicted octanol–water partition coefficient (Wildman–Crippen LogP) is 2.94. The van der Waals surface area contributed by atoms with Crippen molar-refractivity contribution < 1.29 is 22.3 Å². The van der Waals surface area contributed by atoms with E-state index in [2.05, 4.69) is 11.4 Å². The summed E-state index contributed by atoms with van der Waals surface area (Å²) in [7, 11) is -2.70. The first kappa shape index (κ1) is 21.7. The van der Waals surface area contributed by atoms with Crippen molar-refractivity contribution >= 4 is 21.6 Å². The maximum absolute atomic E-state index is 13.7. The summed E-state index contributed by atoms with van der Waals surface area (Å²) >= 11 is 0. The van der Waals surface area contributed by atoms with Gasteiger partial charge in [-0.2, -0.15) is 9.57 Å². The molecule has 0 aliphatic carbocycles. The molecule has 0 bridgehead atoms. The van der Waals surface area contributed by atoms with Gasteiger partial charge in [0.05, 0.1) is 25.5 Å². The van der Waals surface area contributed by atoms with E-state index in [0.29, 0.717) is 18.5 Å². The van der Waals surface area contributed by atoms with Crippen molar-refractivity contribution in [3.8, 4) is 11.8 Å². The molecular weight excluding hydrogens is 409 g/mol. The number of carbonyl (C=O) groups excluding carboxylic acids is 1. The molecule has 1 fully saturated rings. The first-order chi connectivity index (χ1) is 14.3. The Bertz CT molecular complexity index is 1060. The van der Waals surface area contributed by atoms with E-state index in [1.165, 1.54) is 17.5 Å². The lowest BCUT2D eigenvalue weighted by Gasteiger charge is -2.31. The lowest BCUT2D eigenvalue weighted by Crippen LogP contribution is -2.43. The molecule has 0 spiro atoms. The van der Waals surface area contributed by atoms with Gasteiger partial charge in [0.1, 0.15) is 16.5 Å². The number of benzene rings is 2. The minimum atomic E-state index is -4.02. The number of piperidine rings is 1. The van der Waals surface area contributed by atoms with Crippen molar-refractivity contribution in [1.29, 1.82) is 5.26 Å². The maximum atomic E-state index is 13.7. The van der Waals surface area contributed by atoms with Crippen LogP contribution in [-0.2, 0) is 21.2 Å². The standard InChI is InChI=1S/C21H22FN3O4S/c1-29-19-9-6-17(22)13-20(19)30(27,28)25-12-2-3-16(14-25)21(26)24-18-7-4-15(5-8-18)10-11-23/h4-9,13,16H,2-3,10,12,14H2,1H3,(H,24,26)/t16-/m1/s1. The molecule has 1 aliphatic rings. The highest BCUT2D eigenvalue weighted by atomic mass is 32.2. The second-order valence-corrected chi connectivity index (χ2v) is 8.92. The molecule has 1 aliphatic heterocycles. The molecular formula is C21H22FN3O4S. The first-order valence-corrected chi connectivity index (χ1v) is 10.9. The van der Waals surface area contributed by atoms with Crippen LogP contribution in [0.15, 0.2) is 47.4 Å². The number of rotatable bonds is 6. The van der Waals surface area contributed by atoms with Gasteiger partial charge in [-0.3, -0.25) is 4.79 Å². The molecule has 1 N–H and O–H groups in total. The lowest BCUT2D eigenvalue weighted by molar-refractivity contribution is -0.120. The summed E-state index contributed by atoms with van der Waals surface area (Å²) in [6.07, 6.45) is 1.34. The van der Waals surface area contributed by atoms with Crippen molar-refractivity contribution in [3.63, 3.8) is 0 Å². The van der Waals surface area contributed by atoms with E-state index in [9.17, 15) is 17.6 Å². The van der Waals surface area contributed by atoms with Crippen LogP contribution in [0.1, 0.15) is 18.4 Å². The van der Waals surface area contributed by atoms with Gasteiger partial charge in [0, 0.05) is 18.8 Å². The molecule has 158 valence electrons. The molecule has 0 saturated carbocycles. The minimum Gasteiger partial charge on any atom is -0.495 e. The molecule has 0 unspecified atom stereocenters. The van der Waals surface area contributed by atoms with E-state index < -0.39 is 21.8 Å². The Morgan fingerprint density at radius 3 is 2.70 bits per heavy atom. The van der Waals surface area contributed by atoms with Crippen LogP contribution in [0.4, 0.5) is 10.1 Å². The molecule has 7 nitrogen and oxygen atoms in total. The number of ether oxygens (including phenoxy) is 1. The number of sulfonamides is 1. The normalized spacial score (nSPS) is 17.2. The van der Waals surface area contributed by atoms with Crippen LogP contribution in [0.2, 0.25) is 0 Å². The van der Waals surface area contributed by atoms with Crippen LogP contribution in [-0.4, -0.2) is 38.8 Å². The van der Waals surface area contributed by atoms with Gasteiger partial charge in [-0.25, -0.2) is 12.8 Å². The number of amides is 1. The Morgan fingerprint density at radius 1 is 1.30 bits per heavy atom. The summed E-state index contributed by atoms with van der Waals surface area (Å²) in [6, 6.07) is 12.3. The molecule has 1 amide bonds. The molecule has 2 aromatic carbocycles. The number of anilines is 1. The molecule has 0 aromatic heterocycles. The molecule has 1 saturated heterocycles. The number of methoxy groups -OCH3 is 1. The first-order valence-electron chi connectivity index (χ1n) is 9.45. The van der Waals surface area contributed by atoms with Crippen LogP contribution in [0.25, 0.3) is 0 Å². The van der Waals surface area contributed by atoms with Gasteiger partial charge in [-0.1, -0.05) is 12.1 Å². The smallest absolute Gasteiger partial charge is 0.246 e. The van der Waals surface area contributed by atoms with E-state index in [4.69, 9.17) is 10.00 Å². The topological polar surface area (TPSA) is 99.5 Å². The van der Waals surface area contributed by atoms with Gasteiger partial charge < -0.3 is 10.1 Å². The molecule has 0 radical (unpaired) electrons. The van der Waals surface area contributed by atoms with E-state index in [0.717, 1.165) is 17.7 Å². The summed E-state index contributed by atoms with van der Waals surface area (Å²) in [5, 5.41) is 11.5. The quantitative estimate of drug-likeness (QED) is 0.758. The highest BCUT2D eigenvalue weighted by molar-refractivity contribution is 7.89. The fraction of sp³-hybridized carbons (Fsp3) is 0.333. The Kier molecular flexibility index (Phi) is 6.70. The van der Waals surface area contributed by atoms with Gasteiger partial charge in [0.2, 0.25) is 15.9 Å². The van der Waals surface area contributed by atoms with Crippen molar-refractivity contribution in [1.82, 2.24) is 4.31 Å². The molecule has 1 atom stereocenters. The molecule has 1 heterocycles. The second kappa shape index (κ2) is 9.24. The summed E-state index contributed by atoms with van der Waals surface area (Å²) < 4.78 is 46.1.